The number of carbonyl (C=O) groups is 2. The van der Waals surface area contributed by atoms with Crippen LogP contribution in [0.25, 0.3) is 0 Å². The second-order valence-corrected chi connectivity index (χ2v) is 18.6. The first-order valence-corrected chi connectivity index (χ1v) is 23.7. The first-order valence-electron chi connectivity index (χ1n) is 20.6. The summed E-state index contributed by atoms with van der Waals surface area (Å²) in [6.07, 6.45) is 2.70. The second kappa shape index (κ2) is 21.4. The normalized spacial score (nSPS) is 12.4. The molecule has 0 fully saturated rings. The smallest absolute Gasteiger partial charge is 0.335 e. The molecule has 6 aromatic rings. The molecule has 1 unspecified atom stereocenters. The Morgan fingerprint density at radius 1 is 0.773 bits per heavy atom. The molecule has 0 aliphatic carbocycles. The molecule has 16 nitrogen and oxygen atoms in total. The van der Waals surface area contributed by atoms with E-state index in [2.05, 4.69) is 30.3 Å². The predicted octanol–water partition coefficient (Wildman–Crippen LogP) is 5.62. The van der Waals surface area contributed by atoms with Gasteiger partial charge in [-0.25, -0.2) is 18.6 Å². The van der Waals surface area contributed by atoms with Crippen LogP contribution in [0.3, 0.4) is 0 Å². The van der Waals surface area contributed by atoms with Crippen LogP contribution in [0.1, 0.15) is 50.5 Å². The van der Waals surface area contributed by atoms with Crippen LogP contribution in [0.2, 0.25) is 0 Å². The number of nitrogens with zero attached hydrogens (tertiary/aromatic N) is 3. The van der Waals surface area contributed by atoms with Crippen molar-refractivity contribution in [2.75, 3.05) is 11.8 Å². The lowest BCUT2D eigenvalue weighted by Crippen LogP contribution is -2.42. The Morgan fingerprint density at radius 2 is 1.39 bits per heavy atom. The number of sulfonamides is 2. The maximum atomic E-state index is 13.7. The zero-order valence-electron chi connectivity index (χ0n) is 36.6. The Bertz CT molecular complexity index is 3000. The molecule has 6 N–H and O–H groups in total. The molecule has 0 aliphatic rings. The van der Waals surface area contributed by atoms with Crippen LogP contribution in [0.5, 0.6) is 5.75 Å². The van der Waals surface area contributed by atoms with E-state index in [9.17, 15) is 31.2 Å². The highest BCUT2D eigenvalue weighted by Gasteiger charge is 2.24. The molecular weight excluding hydrogens is 881 g/mol. The van der Waals surface area contributed by atoms with Crippen LogP contribution in [0.4, 0.5) is 10.5 Å². The van der Waals surface area contributed by atoms with Gasteiger partial charge in [0.1, 0.15) is 23.8 Å². The third-order valence-electron chi connectivity index (χ3n) is 10.5. The lowest BCUT2D eigenvalue weighted by atomic mass is 9.99. The number of hydrogen-bond donors (Lipinski definition) is 5. The number of aryl methyl sites for hydroxylation is 1. The average molecular weight is 931 g/mol. The van der Waals surface area contributed by atoms with Gasteiger partial charge in [0.15, 0.2) is 0 Å². The van der Waals surface area contributed by atoms with Gasteiger partial charge in [-0.1, -0.05) is 109 Å². The summed E-state index contributed by atoms with van der Waals surface area (Å²) in [6, 6.07) is 36.1. The number of ether oxygens (including phenoxy) is 1. The lowest BCUT2D eigenvalue weighted by Gasteiger charge is -2.19. The Hall–Kier alpha value is -7.57. The quantitative estimate of drug-likeness (QED) is 0.0408. The van der Waals surface area contributed by atoms with Crippen molar-refractivity contribution >= 4 is 49.7 Å². The van der Waals surface area contributed by atoms with E-state index in [0.29, 0.717) is 33.6 Å². The molecule has 0 radical (unpaired) electrons. The van der Waals surface area contributed by atoms with Crippen molar-refractivity contribution in [3.63, 3.8) is 0 Å². The molecule has 3 amide bonds. The first kappa shape index (κ1) is 47.9. The molecule has 66 heavy (non-hydrogen) atoms. The number of rotatable bonds is 18. The number of carbonyl (C=O) groups excluding carboxylic acids is 2. The van der Waals surface area contributed by atoms with Crippen molar-refractivity contribution in [1.29, 1.82) is 0 Å². The van der Waals surface area contributed by atoms with Crippen LogP contribution >= 0.6 is 0 Å². The molecule has 0 spiro atoms. The fraction of sp³-hybridized carbons (Fsp3) is 0.188. The van der Waals surface area contributed by atoms with E-state index in [0.717, 1.165) is 15.7 Å². The molecule has 0 aliphatic heterocycles. The number of amidine groups is 1. The number of anilines is 1. The number of amides is 3. The van der Waals surface area contributed by atoms with Gasteiger partial charge in [0.25, 0.3) is 15.6 Å². The van der Waals surface area contributed by atoms with Crippen molar-refractivity contribution < 1.29 is 31.2 Å². The van der Waals surface area contributed by atoms with Crippen LogP contribution in [0.15, 0.2) is 159 Å². The van der Waals surface area contributed by atoms with Crippen LogP contribution in [0, 0.1) is 20.8 Å². The van der Waals surface area contributed by atoms with Crippen molar-refractivity contribution in [3.8, 4) is 5.75 Å². The number of benzene rings is 5. The molecule has 1 aromatic heterocycles. The van der Waals surface area contributed by atoms with Crippen LogP contribution in [-0.4, -0.2) is 58.5 Å². The number of aromatic nitrogens is 1. The molecule has 18 heteroatoms. The molecule has 342 valence electrons. The van der Waals surface area contributed by atoms with Gasteiger partial charge >= 0.3 is 6.03 Å². The van der Waals surface area contributed by atoms with E-state index < -0.39 is 56.2 Å². The van der Waals surface area contributed by atoms with Crippen LogP contribution < -0.4 is 36.8 Å². The number of hydrazone groups is 1. The minimum atomic E-state index is -4.28. The largest absolute Gasteiger partial charge is 0.496 e. The molecular formula is C48H50N8O8S2. The summed E-state index contributed by atoms with van der Waals surface area (Å²) < 4.78 is 66.0. The maximum Gasteiger partial charge on any atom is 0.335 e. The molecule has 1 atom stereocenters. The summed E-state index contributed by atoms with van der Waals surface area (Å²) in [7, 11) is -6.76. The van der Waals surface area contributed by atoms with Crippen molar-refractivity contribution in [3.05, 3.63) is 195 Å². The average Bonchev–Trinajstić information content (AvgIpc) is 3.28. The fourth-order valence-corrected chi connectivity index (χ4v) is 9.91. The number of nitrogens with one attached hydrogen (secondary N) is 4. The van der Waals surface area contributed by atoms with Gasteiger partial charge in [-0.05, 0) is 90.4 Å². The Balaban J connectivity index is 1.23. The predicted molar refractivity (Wildman–Crippen MR) is 255 cm³/mol. The first-order chi connectivity index (χ1) is 31.5. The summed E-state index contributed by atoms with van der Waals surface area (Å²) in [5.41, 5.74) is 12.4. The summed E-state index contributed by atoms with van der Waals surface area (Å²) in [5.74, 6) is -0.757. The Labute approximate surface area is 383 Å². The van der Waals surface area contributed by atoms with Gasteiger partial charge in [-0.2, -0.15) is 13.5 Å². The second-order valence-electron chi connectivity index (χ2n) is 15.3. The zero-order chi connectivity index (χ0) is 47.4. The number of pyridine rings is 1. The van der Waals surface area contributed by atoms with Crippen molar-refractivity contribution in [2.24, 2.45) is 15.2 Å². The highest BCUT2D eigenvalue weighted by atomic mass is 32.2. The van der Waals surface area contributed by atoms with E-state index in [1.54, 1.807) is 81.4 Å². The third-order valence-corrected chi connectivity index (χ3v) is 13.3. The van der Waals surface area contributed by atoms with Gasteiger partial charge in [-0.15, -0.1) is 4.40 Å². The topological polar surface area (TPSA) is 233 Å². The van der Waals surface area contributed by atoms with Gasteiger partial charge in [-0.3, -0.25) is 14.3 Å². The minimum Gasteiger partial charge on any atom is -0.496 e. The summed E-state index contributed by atoms with van der Waals surface area (Å²) >= 11 is 0. The fourth-order valence-electron chi connectivity index (χ4n) is 7.25. The van der Waals surface area contributed by atoms with E-state index >= 15 is 0 Å². The van der Waals surface area contributed by atoms with Gasteiger partial charge < -0.3 is 25.7 Å². The lowest BCUT2D eigenvalue weighted by molar-refractivity contribution is -0.122. The Morgan fingerprint density at radius 3 is 2.03 bits per heavy atom. The number of urea groups is 1. The van der Waals surface area contributed by atoms with Gasteiger partial charge in [0.2, 0.25) is 15.9 Å². The molecule has 5 aromatic carbocycles. The maximum absolute atomic E-state index is 13.7. The molecule has 1 heterocycles. The zero-order valence-corrected chi connectivity index (χ0v) is 38.3. The number of hydrogen-bond acceptors (Lipinski definition) is 9. The number of nitrogens with two attached hydrogens (primary N) is 1. The van der Waals surface area contributed by atoms with Crippen molar-refractivity contribution in [2.45, 2.75) is 56.5 Å². The Kier molecular flexibility index (Phi) is 15.5. The third kappa shape index (κ3) is 12.6. The minimum absolute atomic E-state index is 0.0171. The molecule has 0 bridgehead atoms. The van der Waals surface area contributed by atoms with E-state index in [-0.39, 0.29) is 34.2 Å². The monoisotopic (exact) mass is 930 g/mol. The van der Waals surface area contributed by atoms with E-state index in [1.807, 2.05) is 60.7 Å². The van der Waals surface area contributed by atoms with E-state index in [4.69, 9.17) is 10.5 Å². The summed E-state index contributed by atoms with van der Waals surface area (Å²) in [6.45, 7) is 4.56. The standard InChI is InChI=1S/C48H50N8O8S2/c1-32-26-42(64-4)33(2)34(3)45(32)66(62,63)55-46(49)39-23-14-18-36(27-39)28-40(29-50-53-48(59)52-44(37-19-10-6-11-20-37)38-21-12-7-13-22-38)51-43(57)30-56-25-15-24-41(47(56)58)54-65(60,61)31-35-16-8-5-9-17-35/h5-27,29,40,44,54H,28,30-31H2,1-4H3,(H2,49,55)(H,51,57)(H2,52,53,59)/b50-29-. The van der Waals surface area contributed by atoms with E-state index in [1.165, 1.54) is 31.7 Å². The summed E-state index contributed by atoms with van der Waals surface area (Å²) in [5, 5.41) is 9.92. The van der Waals surface area contributed by atoms with Crippen molar-refractivity contribution in [1.82, 2.24) is 20.6 Å². The van der Waals surface area contributed by atoms with Gasteiger partial charge in [0, 0.05) is 18.0 Å². The van der Waals surface area contributed by atoms with Crippen LogP contribution in [-0.2, 0) is 43.6 Å². The highest BCUT2D eigenvalue weighted by Crippen LogP contribution is 2.32. The highest BCUT2D eigenvalue weighted by molar-refractivity contribution is 7.92. The van der Waals surface area contributed by atoms with Gasteiger partial charge in [0.05, 0.1) is 29.8 Å². The molecule has 6 rings (SSSR count). The molecule has 0 saturated heterocycles. The molecule has 0 saturated carbocycles. The SMILES string of the molecule is COc1cc(C)c(S(=O)(=O)/N=C(\N)c2cccc(CC(/C=N\NC(=O)NC(c3ccccc3)c3ccccc3)NC(=O)Cn3cccc(NS(=O)(=O)Cc4ccccc4)c3=O)c2)c(C)c1C. The number of methoxy groups -OCH3 is 1. The summed E-state index contributed by atoms with van der Waals surface area (Å²) in [4.78, 5) is 40.4.